The van der Waals surface area contributed by atoms with Crippen molar-refractivity contribution in [1.29, 1.82) is 5.26 Å². The monoisotopic (exact) mass is 268 g/mol. The number of carbonyl (C=O) groups is 1. The van der Waals surface area contributed by atoms with Crippen molar-refractivity contribution in [2.75, 3.05) is 5.32 Å². The van der Waals surface area contributed by atoms with Crippen molar-refractivity contribution in [3.05, 3.63) is 47.8 Å². The fourth-order valence-electron chi connectivity index (χ4n) is 1.91. The lowest BCUT2D eigenvalue weighted by Crippen LogP contribution is -2.13. The van der Waals surface area contributed by atoms with Gasteiger partial charge in [-0.1, -0.05) is 6.07 Å². The molecule has 0 radical (unpaired) electrons. The molecule has 0 aliphatic heterocycles. The fraction of sp³-hybridized carbons (Fsp3) is 0.267. The lowest BCUT2D eigenvalue weighted by atomic mass is 10.2. The number of benzene rings is 1. The van der Waals surface area contributed by atoms with Crippen LogP contribution in [0, 0.1) is 18.3 Å². The van der Waals surface area contributed by atoms with Gasteiger partial charge in [0.2, 0.25) is 5.91 Å². The van der Waals surface area contributed by atoms with Gasteiger partial charge in [-0.05, 0) is 37.6 Å². The molecule has 1 aromatic heterocycles. The topological polar surface area (TPSA) is 70.7 Å². The third-order valence-corrected chi connectivity index (χ3v) is 2.98. The average molecular weight is 268 g/mol. The van der Waals surface area contributed by atoms with Gasteiger partial charge in [0.25, 0.3) is 0 Å². The van der Waals surface area contributed by atoms with E-state index in [9.17, 15) is 4.79 Å². The van der Waals surface area contributed by atoms with E-state index in [1.165, 1.54) is 0 Å². The standard InChI is InChI=1S/C15H16N4O/c1-12-7-8-17-19(12)9-3-6-15(20)18-14-5-2-4-13(10-14)11-16/h2,4-5,7-8,10H,3,6,9H2,1H3,(H,18,20). The van der Waals surface area contributed by atoms with Gasteiger partial charge >= 0.3 is 0 Å². The first-order valence-electron chi connectivity index (χ1n) is 6.47. The van der Waals surface area contributed by atoms with E-state index in [4.69, 9.17) is 5.26 Å². The Labute approximate surface area is 117 Å². The normalized spacial score (nSPS) is 10.0. The number of nitriles is 1. The van der Waals surface area contributed by atoms with Crippen molar-refractivity contribution in [2.24, 2.45) is 0 Å². The molecule has 0 aliphatic carbocycles. The molecule has 0 spiro atoms. The van der Waals surface area contributed by atoms with Gasteiger partial charge < -0.3 is 5.32 Å². The van der Waals surface area contributed by atoms with Crippen molar-refractivity contribution in [3.8, 4) is 6.07 Å². The molecule has 1 N–H and O–H groups in total. The number of hydrogen-bond acceptors (Lipinski definition) is 3. The minimum absolute atomic E-state index is 0.0510. The quantitative estimate of drug-likeness (QED) is 0.905. The number of rotatable bonds is 5. The second kappa shape index (κ2) is 6.53. The molecular weight excluding hydrogens is 252 g/mol. The maximum Gasteiger partial charge on any atom is 0.224 e. The third kappa shape index (κ3) is 3.69. The van der Waals surface area contributed by atoms with Crippen LogP contribution in [0.2, 0.25) is 0 Å². The highest BCUT2D eigenvalue weighted by Crippen LogP contribution is 2.10. The molecule has 0 bridgehead atoms. The van der Waals surface area contributed by atoms with Gasteiger partial charge in [0, 0.05) is 30.5 Å². The Balaban J connectivity index is 1.81. The summed E-state index contributed by atoms with van der Waals surface area (Å²) in [6.45, 7) is 2.71. The summed E-state index contributed by atoms with van der Waals surface area (Å²) < 4.78 is 1.88. The predicted octanol–water partition coefficient (Wildman–Crippen LogP) is 2.48. The van der Waals surface area contributed by atoms with E-state index in [-0.39, 0.29) is 5.91 Å². The molecule has 1 amide bonds. The zero-order chi connectivity index (χ0) is 14.4. The first-order chi connectivity index (χ1) is 9.69. The van der Waals surface area contributed by atoms with E-state index in [1.807, 2.05) is 23.7 Å². The van der Waals surface area contributed by atoms with Gasteiger partial charge in [-0.3, -0.25) is 9.48 Å². The van der Waals surface area contributed by atoms with Crippen molar-refractivity contribution in [2.45, 2.75) is 26.3 Å². The van der Waals surface area contributed by atoms with Crippen molar-refractivity contribution < 1.29 is 4.79 Å². The van der Waals surface area contributed by atoms with E-state index in [2.05, 4.69) is 10.4 Å². The number of nitrogens with one attached hydrogen (secondary N) is 1. The number of aryl methyl sites for hydroxylation is 2. The molecule has 2 rings (SSSR count). The molecular formula is C15H16N4O. The molecule has 1 aromatic carbocycles. The highest BCUT2D eigenvalue weighted by atomic mass is 16.1. The molecule has 5 nitrogen and oxygen atoms in total. The van der Waals surface area contributed by atoms with Gasteiger partial charge in [0.05, 0.1) is 11.6 Å². The molecule has 1 heterocycles. The summed E-state index contributed by atoms with van der Waals surface area (Å²) in [7, 11) is 0. The minimum Gasteiger partial charge on any atom is -0.326 e. The molecule has 0 saturated carbocycles. The molecule has 0 unspecified atom stereocenters. The summed E-state index contributed by atoms with van der Waals surface area (Å²) in [4.78, 5) is 11.8. The smallest absolute Gasteiger partial charge is 0.224 e. The number of aromatic nitrogens is 2. The predicted molar refractivity (Wildman–Crippen MR) is 76.0 cm³/mol. The van der Waals surface area contributed by atoms with Crippen LogP contribution in [0.25, 0.3) is 0 Å². The number of carbonyl (C=O) groups excluding carboxylic acids is 1. The Bertz CT molecular complexity index is 639. The SMILES string of the molecule is Cc1ccnn1CCCC(=O)Nc1cccc(C#N)c1. The van der Waals surface area contributed by atoms with Crippen LogP contribution >= 0.6 is 0 Å². The number of anilines is 1. The fourth-order valence-corrected chi connectivity index (χ4v) is 1.91. The molecule has 2 aromatic rings. The minimum atomic E-state index is -0.0510. The van der Waals surface area contributed by atoms with Crippen LogP contribution in [-0.2, 0) is 11.3 Å². The highest BCUT2D eigenvalue weighted by Gasteiger charge is 2.04. The highest BCUT2D eigenvalue weighted by molar-refractivity contribution is 5.90. The van der Waals surface area contributed by atoms with Crippen molar-refractivity contribution in [3.63, 3.8) is 0 Å². The second-order valence-corrected chi connectivity index (χ2v) is 4.54. The summed E-state index contributed by atoms with van der Waals surface area (Å²) in [6.07, 6.45) is 2.91. The molecule has 102 valence electrons. The maximum atomic E-state index is 11.8. The van der Waals surface area contributed by atoms with Crippen molar-refractivity contribution >= 4 is 11.6 Å². The lowest BCUT2D eigenvalue weighted by Gasteiger charge is -2.06. The Morgan fingerprint density at radius 2 is 2.30 bits per heavy atom. The largest absolute Gasteiger partial charge is 0.326 e. The van der Waals surface area contributed by atoms with Gasteiger partial charge in [0.15, 0.2) is 0 Å². The summed E-state index contributed by atoms with van der Waals surface area (Å²) in [5.41, 5.74) is 2.28. The zero-order valence-corrected chi connectivity index (χ0v) is 11.3. The Kier molecular flexibility index (Phi) is 4.51. The summed E-state index contributed by atoms with van der Waals surface area (Å²) >= 11 is 0. The lowest BCUT2D eigenvalue weighted by molar-refractivity contribution is -0.116. The Morgan fingerprint density at radius 1 is 1.45 bits per heavy atom. The average Bonchev–Trinajstić information content (AvgIpc) is 2.85. The molecule has 20 heavy (non-hydrogen) atoms. The summed E-state index contributed by atoms with van der Waals surface area (Å²) in [5, 5.41) is 15.8. The zero-order valence-electron chi connectivity index (χ0n) is 11.3. The van der Waals surface area contributed by atoms with Gasteiger partial charge in [-0.25, -0.2) is 0 Å². The van der Waals surface area contributed by atoms with E-state index in [0.29, 0.717) is 17.7 Å². The molecule has 0 aliphatic rings. The summed E-state index contributed by atoms with van der Waals surface area (Å²) in [6, 6.07) is 10.9. The van der Waals surface area contributed by atoms with Gasteiger partial charge in [-0.15, -0.1) is 0 Å². The molecule has 0 atom stereocenters. The maximum absolute atomic E-state index is 11.8. The number of nitrogens with zero attached hydrogens (tertiary/aromatic N) is 3. The summed E-state index contributed by atoms with van der Waals surface area (Å²) in [5.74, 6) is -0.0510. The van der Waals surface area contributed by atoms with Crippen molar-refractivity contribution in [1.82, 2.24) is 9.78 Å². The molecule has 0 fully saturated rings. The van der Waals surface area contributed by atoms with Crippen LogP contribution in [-0.4, -0.2) is 15.7 Å². The molecule has 5 heteroatoms. The van der Waals surface area contributed by atoms with Crippen LogP contribution in [0.5, 0.6) is 0 Å². The van der Waals surface area contributed by atoms with E-state index < -0.39 is 0 Å². The first kappa shape index (κ1) is 13.8. The Hall–Kier alpha value is -2.61. The van der Waals surface area contributed by atoms with Crippen LogP contribution in [0.15, 0.2) is 36.5 Å². The van der Waals surface area contributed by atoms with Crippen LogP contribution < -0.4 is 5.32 Å². The van der Waals surface area contributed by atoms with E-state index in [0.717, 1.165) is 18.7 Å². The van der Waals surface area contributed by atoms with Gasteiger partial charge in [-0.2, -0.15) is 10.4 Å². The number of amides is 1. The first-order valence-corrected chi connectivity index (χ1v) is 6.47. The molecule has 0 saturated heterocycles. The second-order valence-electron chi connectivity index (χ2n) is 4.54. The van der Waals surface area contributed by atoms with E-state index in [1.54, 1.807) is 30.5 Å². The van der Waals surface area contributed by atoms with E-state index >= 15 is 0 Å². The third-order valence-electron chi connectivity index (χ3n) is 2.98. The van der Waals surface area contributed by atoms with Crippen LogP contribution in [0.3, 0.4) is 0 Å². The van der Waals surface area contributed by atoms with Crippen LogP contribution in [0.4, 0.5) is 5.69 Å². The Morgan fingerprint density at radius 3 is 3.00 bits per heavy atom. The van der Waals surface area contributed by atoms with Crippen LogP contribution in [0.1, 0.15) is 24.1 Å². The van der Waals surface area contributed by atoms with Gasteiger partial charge in [0.1, 0.15) is 0 Å². The number of hydrogen-bond donors (Lipinski definition) is 1.